The minimum atomic E-state index is -0.435. The maximum Gasteiger partial charge on any atom is 0.344 e. The molecule has 29 heavy (non-hydrogen) atoms. The summed E-state index contributed by atoms with van der Waals surface area (Å²) in [5.41, 5.74) is 2.39. The van der Waals surface area contributed by atoms with Crippen molar-refractivity contribution in [2.45, 2.75) is 26.3 Å². The van der Waals surface area contributed by atoms with Gasteiger partial charge in [-0.1, -0.05) is 24.3 Å². The molecule has 0 aliphatic carbocycles. The van der Waals surface area contributed by atoms with Crippen LogP contribution in [0.4, 0.5) is 0 Å². The van der Waals surface area contributed by atoms with Crippen molar-refractivity contribution in [1.82, 2.24) is 5.01 Å². The summed E-state index contributed by atoms with van der Waals surface area (Å²) < 4.78 is 15.9. The Labute approximate surface area is 169 Å². The van der Waals surface area contributed by atoms with Gasteiger partial charge in [0.25, 0.3) is 0 Å². The van der Waals surface area contributed by atoms with Crippen LogP contribution in [0.1, 0.15) is 37.4 Å². The van der Waals surface area contributed by atoms with Gasteiger partial charge in [0.1, 0.15) is 11.5 Å². The molecule has 0 saturated heterocycles. The summed E-state index contributed by atoms with van der Waals surface area (Å²) in [6.07, 6.45) is 0.520. The fourth-order valence-electron chi connectivity index (χ4n) is 3.24. The summed E-state index contributed by atoms with van der Waals surface area (Å²) in [6.45, 7) is 3.34. The number of carbonyl (C=O) groups excluding carboxylic acids is 2. The van der Waals surface area contributed by atoms with Crippen LogP contribution < -0.4 is 9.47 Å². The number of benzene rings is 2. The molecule has 1 amide bonds. The van der Waals surface area contributed by atoms with Crippen molar-refractivity contribution >= 4 is 17.6 Å². The molecule has 0 aromatic heterocycles. The van der Waals surface area contributed by atoms with Crippen LogP contribution in [0.3, 0.4) is 0 Å². The maximum atomic E-state index is 12.2. The number of methoxy groups -OCH3 is 1. The fourth-order valence-corrected chi connectivity index (χ4v) is 3.24. The van der Waals surface area contributed by atoms with E-state index in [9.17, 15) is 9.59 Å². The molecule has 1 aliphatic heterocycles. The Morgan fingerprint density at radius 3 is 2.69 bits per heavy atom. The third kappa shape index (κ3) is 4.74. The van der Waals surface area contributed by atoms with Crippen molar-refractivity contribution in [2.75, 3.05) is 20.3 Å². The molecule has 1 heterocycles. The van der Waals surface area contributed by atoms with Gasteiger partial charge >= 0.3 is 5.97 Å². The minimum absolute atomic E-state index is 0.155. The molecule has 0 spiro atoms. The monoisotopic (exact) mass is 396 g/mol. The van der Waals surface area contributed by atoms with Gasteiger partial charge in [-0.15, -0.1) is 0 Å². The molecular formula is C22H24N2O5. The van der Waals surface area contributed by atoms with E-state index in [-0.39, 0.29) is 18.6 Å². The standard InChI is InChI=1S/C22H24N2O5/c1-4-28-22(26)14-29-21-11-6-5-10-18(21)19-13-20(24(23-19)15(2)25)16-8-7-9-17(12-16)27-3/h5-12,20H,4,13-14H2,1-3H3/t20-/m1/s1. The van der Waals surface area contributed by atoms with E-state index in [4.69, 9.17) is 14.2 Å². The van der Waals surface area contributed by atoms with E-state index >= 15 is 0 Å². The quantitative estimate of drug-likeness (QED) is 0.671. The number of nitrogens with zero attached hydrogens (tertiary/aromatic N) is 2. The first-order chi connectivity index (χ1) is 14.0. The van der Waals surface area contributed by atoms with E-state index in [1.165, 1.54) is 11.9 Å². The fraction of sp³-hybridized carbons (Fsp3) is 0.318. The van der Waals surface area contributed by atoms with Crippen LogP contribution in [0.25, 0.3) is 0 Å². The number of hydrazone groups is 1. The van der Waals surface area contributed by atoms with Crippen LogP contribution in [0.2, 0.25) is 0 Å². The zero-order chi connectivity index (χ0) is 20.8. The first-order valence-electron chi connectivity index (χ1n) is 9.42. The van der Waals surface area contributed by atoms with Crippen LogP contribution in [0.15, 0.2) is 53.6 Å². The average molecular weight is 396 g/mol. The molecule has 0 bridgehead atoms. The van der Waals surface area contributed by atoms with E-state index in [1.807, 2.05) is 42.5 Å². The zero-order valence-electron chi connectivity index (χ0n) is 16.8. The van der Waals surface area contributed by atoms with Crippen molar-refractivity contribution in [3.05, 3.63) is 59.7 Å². The molecule has 2 aromatic carbocycles. The number of carbonyl (C=O) groups is 2. The van der Waals surface area contributed by atoms with Gasteiger partial charge in [0.15, 0.2) is 6.61 Å². The van der Waals surface area contributed by atoms with Gasteiger partial charge in [0.2, 0.25) is 5.91 Å². The van der Waals surface area contributed by atoms with E-state index in [0.717, 1.165) is 16.9 Å². The first kappa shape index (κ1) is 20.4. The Morgan fingerprint density at radius 1 is 1.17 bits per heavy atom. The van der Waals surface area contributed by atoms with Gasteiger partial charge in [0, 0.05) is 18.9 Å². The van der Waals surface area contributed by atoms with Crippen LogP contribution >= 0.6 is 0 Å². The molecule has 7 heteroatoms. The lowest BCUT2D eigenvalue weighted by Gasteiger charge is -2.20. The van der Waals surface area contributed by atoms with Crippen LogP contribution in [0, 0.1) is 0 Å². The highest BCUT2D eigenvalue weighted by atomic mass is 16.6. The maximum absolute atomic E-state index is 12.2. The summed E-state index contributed by atoms with van der Waals surface area (Å²) in [4.78, 5) is 23.9. The summed E-state index contributed by atoms with van der Waals surface area (Å²) in [6, 6.07) is 14.7. The molecule has 0 saturated carbocycles. The molecule has 0 fully saturated rings. The average Bonchev–Trinajstić information content (AvgIpc) is 3.18. The van der Waals surface area contributed by atoms with Crippen molar-refractivity contribution < 1.29 is 23.8 Å². The molecule has 7 nitrogen and oxygen atoms in total. The molecule has 1 atom stereocenters. The molecule has 2 aromatic rings. The number of para-hydroxylation sites is 1. The van der Waals surface area contributed by atoms with E-state index in [0.29, 0.717) is 24.5 Å². The van der Waals surface area contributed by atoms with Gasteiger partial charge in [-0.3, -0.25) is 4.79 Å². The predicted molar refractivity (Wildman–Crippen MR) is 108 cm³/mol. The second-order valence-electron chi connectivity index (χ2n) is 6.50. The van der Waals surface area contributed by atoms with E-state index in [2.05, 4.69) is 5.10 Å². The Hall–Kier alpha value is -3.35. The largest absolute Gasteiger partial charge is 0.497 e. The molecular weight excluding hydrogens is 372 g/mol. The first-order valence-corrected chi connectivity index (χ1v) is 9.42. The molecule has 0 unspecified atom stereocenters. The normalized spacial score (nSPS) is 15.6. The smallest absolute Gasteiger partial charge is 0.344 e. The Morgan fingerprint density at radius 2 is 1.97 bits per heavy atom. The Balaban J connectivity index is 1.87. The summed E-state index contributed by atoms with van der Waals surface area (Å²) in [5, 5.41) is 6.04. The molecule has 152 valence electrons. The lowest BCUT2D eigenvalue weighted by molar-refractivity contribution is -0.145. The van der Waals surface area contributed by atoms with Crippen LogP contribution in [-0.2, 0) is 14.3 Å². The van der Waals surface area contributed by atoms with Gasteiger partial charge in [-0.25, -0.2) is 9.80 Å². The van der Waals surface area contributed by atoms with E-state index in [1.54, 1.807) is 20.1 Å². The number of esters is 1. The third-order valence-corrected chi connectivity index (χ3v) is 4.56. The topological polar surface area (TPSA) is 77.4 Å². The SMILES string of the molecule is CCOC(=O)COc1ccccc1C1=NN(C(C)=O)[C@@H](c2cccc(OC)c2)C1. The lowest BCUT2D eigenvalue weighted by atomic mass is 9.97. The highest BCUT2D eigenvalue weighted by molar-refractivity contribution is 6.05. The molecule has 3 rings (SSSR count). The van der Waals surface area contributed by atoms with Crippen molar-refractivity contribution in [3.63, 3.8) is 0 Å². The van der Waals surface area contributed by atoms with Crippen LogP contribution in [0.5, 0.6) is 11.5 Å². The van der Waals surface area contributed by atoms with Gasteiger partial charge in [-0.2, -0.15) is 5.10 Å². The van der Waals surface area contributed by atoms with Gasteiger partial charge < -0.3 is 14.2 Å². The van der Waals surface area contributed by atoms with Crippen molar-refractivity contribution in [1.29, 1.82) is 0 Å². The third-order valence-electron chi connectivity index (χ3n) is 4.56. The number of hydrogen-bond donors (Lipinski definition) is 0. The molecule has 0 N–H and O–H groups in total. The summed E-state index contributed by atoms with van der Waals surface area (Å²) >= 11 is 0. The van der Waals surface area contributed by atoms with Gasteiger partial charge in [-0.05, 0) is 36.8 Å². The van der Waals surface area contributed by atoms with Crippen molar-refractivity contribution in [2.24, 2.45) is 5.10 Å². The highest BCUT2D eigenvalue weighted by Gasteiger charge is 2.32. The van der Waals surface area contributed by atoms with Crippen molar-refractivity contribution in [3.8, 4) is 11.5 Å². The second kappa shape index (κ2) is 9.23. The highest BCUT2D eigenvalue weighted by Crippen LogP contribution is 2.36. The number of ether oxygens (including phenoxy) is 3. The zero-order valence-corrected chi connectivity index (χ0v) is 16.8. The number of amides is 1. The minimum Gasteiger partial charge on any atom is -0.497 e. The Kier molecular flexibility index (Phi) is 6.49. The molecule has 1 aliphatic rings. The second-order valence-corrected chi connectivity index (χ2v) is 6.50. The summed E-state index contributed by atoms with van der Waals surface area (Å²) in [5.74, 6) is 0.653. The lowest BCUT2D eigenvalue weighted by Crippen LogP contribution is -2.24. The van der Waals surface area contributed by atoms with Crippen LogP contribution in [-0.4, -0.2) is 42.9 Å². The number of rotatable bonds is 7. The number of hydrogen-bond acceptors (Lipinski definition) is 6. The molecule has 0 radical (unpaired) electrons. The van der Waals surface area contributed by atoms with Gasteiger partial charge in [0.05, 0.1) is 25.5 Å². The predicted octanol–water partition coefficient (Wildman–Crippen LogP) is 3.33. The van der Waals surface area contributed by atoms with E-state index < -0.39 is 5.97 Å². The summed E-state index contributed by atoms with van der Waals surface area (Å²) in [7, 11) is 1.61. The Bertz CT molecular complexity index is 925.